The van der Waals surface area contributed by atoms with Crippen LogP contribution in [0.2, 0.25) is 0 Å². The van der Waals surface area contributed by atoms with Gasteiger partial charge in [0.25, 0.3) is 0 Å². The molecule has 0 spiro atoms. The maximum Gasteiger partial charge on any atom is 0.246 e. The second-order valence-electron chi connectivity index (χ2n) is 6.58. The molecule has 1 unspecified atom stereocenters. The molecule has 2 rings (SSSR count). The van der Waals surface area contributed by atoms with E-state index in [4.69, 9.17) is 9.26 Å². The third-order valence-electron chi connectivity index (χ3n) is 3.74. The number of anilines is 1. The molecular formula is C17H27N5O2. The van der Waals surface area contributed by atoms with Crippen molar-refractivity contribution in [3.63, 3.8) is 0 Å². The Kier molecular flexibility index (Phi) is 5.88. The highest BCUT2D eigenvalue weighted by Gasteiger charge is 2.17. The average Bonchev–Trinajstić information content (AvgIpc) is 2.96. The van der Waals surface area contributed by atoms with Crippen molar-refractivity contribution in [2.75, 3.05) is 18.6 Å². The first-order valence-electron chi connectivity index (χ1n) is 8.25. The standard InChI is InChI=1S/C17H27N5O2/c1-10(2)9-23-13(5)16-20-15(24-21-16)8-22(7)17-11(3)12(4)18-14(6)19-17/h10,13H,8-9H2,1-7H3. The van der Waals surface area contributed by atoms with Crippen LogP contribution in [0.15, 0.2) is 4.52 Å². The summed E-state index contributed by atoms with van der Waals surface area (Å²) in [7, 11) is 1.96. The van der Waals surface area contributed by atoms with E-state index in [2.05, 4.69) is 34.0 Å². The maximum atomic E-state index is 5.72. The summed E-state index contributed by atoms with van der Waals surface area (Å²) in [6.07, 6.45) is -0.180. The van der Waals surface area contributed by atoms with Crippen molar-refractivity contribution in [1.29, 1.82) is 0 Å². The normalized spacial score (nSPS) is 12.7. The van der Waals surface area contributed by atoms with E-state index in [-0.39, 0.29) is 6.10 Å². The van der Waals surface area contributed by atoms with E-state index in [1.165, 1.54) is 0 Å². The number of rotatable bonds is 7. The highest BCUT2D eigenvalue weighted by molar-refractivity contribution is 5.47. The van der Waals surface area contributed by atoms with Crippen LogP contribution >= 0.6 is 0 Å². The zero-order valence-corrected chi connectivity index (χ0v) is 15.6. The largest absolute Gasteiger partial charge is 0.370 e. The van der Waals surface area contributed by atoms with E-state index in [0.717, 1.165) is 22.9 Å². The second kappa shape index (κ2) is 7.70. The first kappa shape index (κ1) is 18.3. The van der Waals surface area contributed by atoms with E-state index in [1.54, 1.807) is 0 Å². The molecule has 24 heavy (non-hydrogen) atoms. The first-order chi connectivity index (χ1) is 11.3. The van der Waals surface area contributed by atoms with Crippen LogP contribution in [0.3, 0.4) is 0 Å². The molecule has 0 aromatic carbocycles. The molecule has 132 valence electrons. The fraction of sp³-hybridized carbons (Fsp3) is 0.647. The van der Waals surface area contributed by atoms with E-state index >= 15 is 0 Å². The first-order valence-corrected chi connectivity index (χ1v) is 8.25. The van der Waals surface area contributed by atoms with Gasteiger partial charge in [-0.25, -0.2) is 9.97 Å². The van der Waals surface area contributed by atoms with E-state index < -0.39 is 0 Å². The minimum Gasteiger partial charge on any atom is -0.370 e. The predicted molar refractivity (Wildman–Crippen MR) is 91.9 cm³/mol. The lowest BCUT2D eigenvalue weighted by Gasteiger charge is -2.19. The fourth-order valence-electron chi connectivity index (χ4n) is 2.31. The molecule has 2 heterocycles. The Morgan fingerprint density at radius 2 is 1.79 bits per heavy atom. The third kappa shape index (κ3) is 4.50. The minimum absolute atomic E-state index is 0.180. The molecule has 0 bridgehead atoms. The predicted octanol–water partition coefficient (Wildman–Crippen LogP) is 3.15. The molecule has 0 aliphatic heterocycles. The van der Waals surface area contributed by atoms with Crippen LogP contribution in [0.25, 0.3) is 0 Å². The highest BCUT2D eigenvalue weighted by atomic mass is 16.5. The Bertz CT molecular complexity index is 684. The van der Waals surface area contributed by atoms with Gasteiger partial charge in [-0.15, -0.1) is 0 Å². The molecule has 2 aromatic heterocycles. The van der Waals surface area contributed by atoms with E-state index in [1.807, 2.05) is 39.6 Å². The molecule has 0 saturated carbocycles. The van der Waals surface area contributed by atoms with E-state index in [0.29, 0.717) is 30.8 Å². The Labute approximate surface area is 143 Å². The lowest BCUT2D eigenvalue weighted by molar-refractivity contribution is 0.0402. The number of ether oxygens (including phenoxy) is 1. The summed E-state index contributed by atoms with van der Waals surface area (Å²) < 4.78 is 11.1. The van der Waals surface area contributed by atoms with Gasteiger partial charge in [0.05, 0.1) is 6.54 Å². The van der Waals surface area contributed by atoms with Crippen LogP contribution in [0.5, 0.6) is 0 Å². The molecule has 2 aromatic rings. The number of aromatic nitrogens is 4. The quantitative estimate of drug-likeness (QED) is 0.770. The van der Waals surface area contributed by atoms with Gasteiger partial charge >= 0.3 is 0 Å². The molecule has 0 radical (unpaired) electrons. The smallest absolute Gasteiger partial charge is 0.246 e. The van der Waals surface area contributed by atoms with Crippen LogP contribution in [0.1, 0.15) is 55.7 Å². The summed E-state index contributed by atoms with van der Waals surface area (Å²) in [4.78, 5) is 15.3. The Balaban J connectivity index is 2.07. The average molecular weight is 333 g/mol. The number of hydrogen-bond acceptors (Lipinski definition) is 7. The summed E-state index contributed by atoms with van der Waals surface area (Å²) in [5.41, 5.74) is 2.03. The summed E-state index contributed by atoms with van der Waals surface area (Å²) in [5, 5.41) is 4.03. The molecule has 1 atom stereocenters. The number of hydrogen-bond donors (Lipinski definition) is 0. The van der Waals surface area contributed by atoms with Crippen molar-refractivity contribution in [1.82, 2.24) is 20.1 Å². The van der Waals surface area contributed by atoms with Gasteiger partial charge < -0.3 is 14.2 Å². The van der Waals surface area contributed by atoms with Gasteiger partial charge in [-0.2, -0.15) is 4.98 Å². The van der Waals surface area contributed by atoms with Gasteiger partial charge in [-0.1, -0.05) is 19.0 Å². The monoisotopic (exact) mass is 333 g/mol. The molecular weight excluding hydrogens is 306 g/mol. The van der Waals surface area contributed by atoms with Crippen molar-refractivity contribution in [2.24, 2.45) is 5.92 Å². The maximum absolute atomic E-state index is 5.72. The van der Waals surface area contributed by atoms with Gasteiger partial charge in [0.2, 0.25) is 5.89 Å². The number of nitrogens with zero attached hydrogens (tertiary/aromatic N) is 5. The molecule has 7 nitrogen and oxygen atoms in total. The lowest BCUT2D eigenvalue weighted by Crippen LogP contribution is -2.20. The van der Waals surface area contributed by atoms with Crippen LogP contribution in [-0.4, -0.2) is 33.8 Å². The van der Waals surface area contributed by atoms with Crippen LogP contribution in [0.4, 0.5) is 5.82 Å². The van der Waals surface area contributed by atoms with Crippen LogP contribution in [-0.2, 0) is 11.3 Å². The van der Waals surface area contributed by atoms with Crippen LogP contribution < -0.4 is 4.90 Å². The summed E-state index contributed by atoms with van der Waals surface area (Å²) in [5.74, 6) is 3.22. The zero-order valence-electron chi connectivity index (χ0n) is 15.6. The summed E-state index contributed by atoms with van der Waals surface area (Å²) in [6, 6.07) is 0. The third-order valence-corrected chi connectivity index (χ3v) is 3.74. The molecule has 0 amide bonds. The molecule has 7 heteroatoms. The summed E-state index contributed by atoms with van der Waals surface area (Å²) >= 11 is 0. The van der Waals surface area contributed by atoms with Crippen molar-refractivity contribution in [3.05, 3.63) is 28.8 Å². The van der Waals surface area contributed by atoms with Gasteiger partial charge in [0.1, 0.15) is 17.7 Å². The van der Waals surface area contributed by atoms with Crippen molar-refractivity contribution in [3.8, 4) is 0 Å². The van der Waals surface area contributed by atoms with Gasteiger partial charge in [-0.05, 0) is 33.6 Å². The minimum atomic E-state index is -0.180. The van der Waals surface area contributed by atoms with Crippen molar-refractivity contribution >= 4 is 5.82 Å². The van der Waals surface area contributed by atoms with Crippen LogP contribution in [0, 0.1) is 26.7 Å². The molecule has 0 N–H and O–H groups in total. The topological polar surface area (TPSA) is 77.2 Å². The van der Waals surface area contributed by atoms with Crippen molar-refractivity contribution < 1.29 is 9.26 Å². The molecule has 0 saturated heterocycles. The molecule has 0 fully saturated rings. The fourth-order valence-corrected chi connectivity index (χ4v) is 2.31. The summed E-state index contributed by atoms with van der Waals surface area (Å²) in [6.45, 7) is 13.2. The number of aryl methyl sites for hydroxylation is 2. The highest BCUT2D eigenvalue weighted by Crippen LogP contribution is 2.21. The molecule has 0 aliphatic rings. The Morgan fingerprint density at radius 3 is 2.46 bits per heavy atom. The van der Waals surface area contributed by atoms with Gasteiger partial charge in [0.15, 0.2) is 5.82 Å². The van der Waals surface area contributed by atoms with E-state index in [9.17, 15) is 0 Å². The Hall–Kier alpha value is -2.02. The lowest BCUT2D eigenvalue weighted by atomic mass is 10.2. The zero-order chi connectivity index (χ0) is 17.9. The SMILES string of the molecule is Cc1nc(C)c(C)c(N(C)Cc2nc(C(C)OCC(C)C)no2)n1. The molecule has 0 aliphatic carbocycles. The van der Waals surface area contributed by atoms with Gasteiger partial charge in [0, 0.05) is 24.9 Å². The Morgan fingerprint density at radius 1 is 1.08 bits per heavy atom. The van der Waals surface area contributed by atoms with Crippen molar-refractivity contribution in [2.45, 2.75) is 54.2 Å². The second-order valence-corrected chi connectivity index (χ2v) is 6.58. The van der Waals surface area contributed by atoms with Gasteiger partial charge in [-0.3, -0.25) is 0 Å².